The number of ether oxygens (including phenoxy) is 1. The summed E-state index contributed by atoms with van der Waals surface area (Å²) in [5, 5.41) is 13.5. The lowest BCUT2D eigenvalue weighted by Gasteiger charge is -2.20. The van der Waals surface area contributed by atoms with Crippen molar-refractivity contribution in [1.82, 2.24) is 4.90 Å². The van der Waals surface area contributed by atoms with E-state index in [0.717, 1.165) is 16.9 Å². The minimum Gasteiger partial charge on any atom is -0.491 e. The maximum absolute atomic E-state index is 12.1. The van der Waals surface area contributed by atoms with Crippen molar-refractivity contribution >= 4 is 23.2 Å². The second-order valence-electron chi connectivity index (χ2n) is 6.54. The fourth-order valence-corrected chi connectivity index (χ4v) is 2.89. The van der Waals surface area contributed by atoms with Gasteiger partial charge in [-0.3, -0.25) is 9.69 Å². The predicted molar refractivity (Wildman–Crippen MR) is 105 cm³/mol. The van der Waals surface area contributed by atoms with Crippen molar-refractivity contribution in [3.8, 4) is 5.75 Å². The van der Waals surface area contributed by atoms with Gasteiger partial charge in [0.25, 0.3) is 0 Å². The maximum atomic E-state index is 12.1. The highest BCUT2D eigenvalue weighted by Gasteiger charge is 2.13. The molecule has 0 aromatic heterocycles. The number of benzene rings is 2. The normalized spacial score (nSPS) is 12.1. The first-order valence-corrected chi connectivity index (χ1v) is 8.83. The molecule has 1 atom stereocenters. The van der Waals surface area contributed by atoms with Crippen LogP contribution >= 0.6 is 11.6 Å². The van der Waals surface area contributed by atoms with E-state index in [1.54, 1.807) is 36.2 Å². The highest BCUT2D eigenvalue weighted by molar-refractivity contribution is 6.30. The van der Waals surface area contributed by atoms with Gasteiger partial charge in [-0.1, -0.05) is 23.7 Å². The molecule has 0 aliphatic heterocycles. The highest BCUT2D eigenvalue weighted by Crippen LogP contribution is 2.17. The van der Waals surface area contributed by atoms with Gasteiger partial charge >= 0.3 is 0 Å². The Balaban J connectivity index is 1.75. The summed E-state index contributed by atoms with van der Waals surface area (Å²) in [6, 6.07) is 12.9. The Hall–Kier alpha value is -2.08. The second kappa shape index (κ2) is 9.57. The van der Waals surface area contributed by atoms with E-state index < -0.39 is 6.10 Å². The molecule has 5 nitrogen and oxygen atoms in total. The molecular weight excluding hydrogens is 352 g/mol. The minimum atomic E-state index is -0.695. The first-order valence-electron chi connectivity index (χ1n) is 8.45. The molecule has 0 aliphatic rings. The largest absolute Gasteiger partial charge is 0.491 e. The van der Waals surface area contributed by atoms with Crippen LogP contribution in [0.4, 0.5) is 5.69 Å². The van der Waals surface area contributed by atoms with E-state index in [4.69, 9.17) is 16.3 Å². The minimum absolute atomic E-state index is 0.160. The van der Waals surface area contributed by atoms with Crippen LogP contribution in [0.5, 0.6) is 5.75 Å². The number of anilines is 1. The second-order valence-corrected chi connectivity index (χ2v) is 6.98. The summed E-state index contributed by atoms with van der Waals surface area (Å²) in [4.78, 5) is 13.8. The number of aliphatic hydroxyl groups excluding tert-OH is 1. The quantitative estimate of drug-likeness (QED) is 0.742. The van der Waals surface area contributed by atoms with Crippen LogP contribution in [0.15, 0.2) is 42.5 Å². The zero-order chi connectivity index (χ0) is 19.1. The fourth-order valence-electron chi connectivity index (χ4n) is 2.70. The van der Waals surface area contributed by atoms with Crippen LogP contribution in [0.3, 0.4) is 0 Å². The Morgan fingerprint density at radius 2 is 1.92 bits per heavy atom. The SMILES string of the molecule is Cc1cc(C)cc(OC[C@@H](O)CN(C)CC(=O)Nc2cccc(Cl)c2)c1. The molecule has 1 amide bonds. The van der Waals surface area contributed by atoms with Gasteiger partial charge < -0.3 is 15.2 Å². The van der Waals surface area contributed by atoms with Gasteiger partial charge in [-0.15, -0.1) is 0 Å². The number of rotatable bonds is 8. The van der Waals surface area contributed by atoms with E-state index >= 15 is 0 Å². The Labute approximate surface area is 159 Å². The Bertz CT molecular complexity index is 731. The van der Waals surface area contributed by atoms with Crippen molar-refractivity contribution in [2.45, 2.75) is 20.0 Å². The molecule has 140 valence electrons. The molecule has 0 fully saturated rings. The van der Waals surface area contributed by atoms with Crippen molar-refractivity contribution in [1.29, 1.82) is 0 Å². The molecule has 2 aromatic rings. The summed E-state index contributed by atoms with van der Waals surface area (Å²) in [6.45, 7) is 4.66. The van der Waals surface area contributed by atoms with E-state index in [1.165, 1.54) is 0 Å². The molecule has 0 unspecified atom stereocenters. The number of nitrogens with one attached hydrogen (secondary N) is 1. The summed E-state index contributed by atoms with van der Waals surface area (Å²) in [5.74, 6) is 0.570. The number of nitrogens with zero attached hydrogens (tertiary/aromatic N) is 1. The first-order chi connectivity index (χ1) is 12.3. The molecule has 0 aliphatic carbocycles. The number of halogens is 1. The van der Waals surface area contributed by atoms with E-state index in [9.17, 15) is 9.90 Å². The monoisotopic (exact) mass is 376 g/mol. The molecule has 2 aromatic carbocycles. The maximum Gasteiger partial charge on any atom is 0.238 e. The van der Waals surface area contributed by atoms with Crippen LogP contribution in [-0.4, -0.2) is 48.8 Å². The van der Waals surface area contributed by atoms with Crippen molar-refractivity contribution < 1.29 is 14.6 Å². The summed E-state index contributed by atoms with van der Waals surface area (Å²) < 4.78 is 5.65. The van der Waals surface area contributed by atoms with Crippen LogP contribution in [-0.2, 0) is 4.79 Å². The smallest absolute Gasteiger partial charge is 0.238 e. The lowest BCUT2D eigenvalue weighted by Crippen LogP contribution is -2.37. The number of aliphatic hydroxyl groups is 1. The number of hydrogen-bond donors (Lipinski definition) is 2. The zero-order valence-electron chi connectivity index (χ0n) is 15.3. The van der Waals surface area contributed by atoms with Gasteiger partial charge in [0.2, 0.25) is 5.91 Å². The number of hydrogen-bond acceptors (Lipinski definition) is 4. The average Bonchev–Trinajstić information content (AvgIpc) is 2.51. The topological polar surface area (TPSA) is 61.8 Å². The van der Waals surface area contributed by atoms with E-state index in [2.05, 4.69) is 11.4 Å². The average molecular weight is 377 g/mol. The fraction of sp³-hybridized carbons (Fsp3) is 0.350. The van der Waals surface area contributed by atoms with Crippen LogP contribution < -0.4 is 10.1 Å². The highest BCUT2D eigenvalue weighted by atomic mass is 35.5. The molecule has 2 N–H and O–H groups in total. The molecule has 26 heavy (non-hydrogen) atoms. The van der Waals surface area contributed by atoms with Crippen LogP contribution in [0.2, 0.25) is 5.02 Å². The number of aryl methyl sites for hydroxylation is 2. The van der Waals surface area contributed by atoms with Crippen molar-refractivity contribution in [3.63, 3.8) is 0 Å². The number of carbonyl (C=O) groups is 1. The Morgan fingerprint density at radius 1 is 1.23 bits per heavy atom. The molecule has 6 heteroatoms. The third-order valence-corrected chi connectivity index (χ3v) is 3.92. The van der Waals surface area contributed by atoms with Crippen molar-refractivity contribution in [2.24, 2.45) is 0 Å². The molecular formula is C20H25ClN2O3. The number of carbonyl (C=O) groups excluding carboxylic acids is 1. The van der Waals surface area contributed by atoms with Crippen molar-refractivity contribution in [3.05, 3.63) is 58.6 Å². The van der Waals surface area contributed by atoms with Gasteiger partial charge in [-0.2, -0.15) is 0 Å². The van der Waals surface area contributed by atoms with E-state index in [0.29, 0.717) is 17.3 Å². The third kappa shape index (κ3) is 7.04. The summed E-state index contributed by atoms with van der Waals surface area (Å²) in [5.41, 5.74) is 2.88. The molecule has 0 heterocycles. The van der Waals surface area contributed by atoms with E-state index in [-0.39, 0.29) is 19.1 Å². The molecule has 0 saturated carbocycles. The Kier molecular flexibility index (Phi) is 7.45. The number of amides is 1. The lowest BCUT2D eigenvalue weighted by atomic mass is 10.1. The zero-order valence-corrected chi connectivity index (χ0v) is 16.1. The van der Waals surface area contributed by atoms with Gasteiger partial charge in [-0.05, 0) is 62.4 Å². The first kappa shape index (κ1) is 20.2. The van der Waals surface area contributed by atoms with Crippen molar-refractivity contribution in [2.75, 3.05) is 32.1 Å². The molecule has 2 rings (SSSR count). The lowest BCUT2D eigenvalue weighted by molar-refractivity contribution is -0.117. The summed E-state index contributed by atoms with van der Waals surface area (Å²) in [6.07, 6.45) is -0.695. The summed E-state index contributed by atoms with van der Waals surface area (Å²) in [7, 11) is 1.78. The molecule has 0 spiro atoms. The van der Waals surface area contributed by atoms with Gasteiger partial charge in [0.05, 0.1) is 6.54 Å². The van der Waals surface area contributed by atoms with Gasteiger partial charge in [0, 0.05) is 17.3 Å². The van der Waals surface area contributed by atoms with Gasteiger partial charge in [0.15, 0.2) is 0 Å². The van der Waals surface area contributed by atoms with Gasteiger partial charge in [-0.25, -0.2) is 0 Å². The number of likely N-dealkylation sites (N-methyl/N-ethyl adjacent to an activating group) is 1. The third-order valence-electron chi connectivity index (χ3n) is 3.68. The van der Waals surface area contributed by atoms with Crippen LogP contribution in [0.1, 0.15) is 11.1 Å². The van der Waals surface area contributed by atoms with Crippen LogP contribution in [0.25, 0.3) is 0 Å². The van der Waals surface area contributed by atoms with Gasteiger partial charge in [0.1, 0.15) is 18.5 Å². The molecule has 0 saturated heterocycles. The molecule has 0 radical (unpaired) electrons. The Morgan fingerprint density at radius 3 is 2.58 bits per heavy atom. The molecule has 0 bridgehead atoms. The summed E-state index contributed by atoms with van der Waals surface area (Å²) >= 11 is 5.90. The predicted octanol–water partition coefficient (Wildman–Crippen LogP) is 3.27. The standard InChI is InChI=1S/C20H25ClN2O3/c1-14-7-15(2)9-19(8-14)26-13-18(24)11-23(3)12-20(25)22-17-6-4-5-16(21)10-17/h4-10,18,24H,11-13H2,1-3H3,(H,22,25)/t18-/m0/s1. The van der Waals surface area contributed by atoms with E-state index in [1.807, 2.05) is 26.0 Å². The van der Waals surface area contributed by atoms with Crippen LogP contribution in [0, 0.1) is 13.8 Å².